The summed E-state index contributed by atoms with van der Waals surface area (Å²) >= 11 is 0.956. The summed E-state index contributed by atoms with van der Waals surface area (Å²) in [6, 6.07) is 9.78. The van der Waals surface area contributed by atoms with Crippen LogP contribution in [0.2, 0.25) is 0 Å². The summed E-state index contributed by atoms with van der Waals surface area (Å²) in [6.45, 7) is 0.767. The lowest BCUT2D eigenvalue weighted by Crippen LogP contribution is -2.25. The van der Waals surface area contributed by atoms with Gasteiger partial charge in [0.05, 0.1) is 16.6 Å². The van der Waals surface area contributed by atoms with Gasteiger partial charge in [0.25, 0.3) is 5.91 Å². The number of carbonyl (C=O) groups excluding carboxylic acids is 2. The molecule has 0 aliphatic carbocycles. The van der Waals surface area contributed by atoms with Crippen molar-refractivity contribution < 1.29 is 27.2 Å². The number of nitrogens with zero attached hydrogens (tertiary/aromatic N) is 1. The molecule has 0 atom stereocenters. The Morgan fingerprint density at radius 2 is 1.71 bits per heavy atom. The van der Waals surface area contributed by atoms with Gasteiger partial charge in [0.2, 0.25) is 5.78 Å². The largest absolute Gasteiger partial charge is 0.417 e. The summed E-state index contributed by atoms with van der Waals surface area (Å²) in [5.74, 6) is -1.50. The van der Waals surface area contributed by atoms with Gasteiger partial charge in [-0.15, -0.1) is 0 Å². The van der Waals surface area contributed by atoms with Crippen LogP contribution in [0.3, 0.4) is 0 Å². The number of hydrogen-bond acceptors (Lipinski definition) is 5. The highest BCUT2D eigenvalue weighted by atomic mass is 32.1. The zero-order valence-corrected chi connectivity index (χ0v) is 16.8. The first-order chi connectivity index (χ1) is 14.8. The van der Waals surface area contributed by atoms with Crippen molar-refractivity contribution in [3.8, 4) is 0 Å². The Balaban J connectivity index is 1.50. The van der Waals surface area contributed by atoms with E-state index in [0.29, 0.717) is 30.2 Å². The number of amides is 1. The molecule has 0 aliphatic heterocycles. The van der Waals surface area contributed by atoms with Crippen LogP contribution in [0.1, 0.15) is 37.6 Å². The van der Waals surface area contributed by atoms with Crippen LogP contribution in [0.25, 0.3) is 0 Å². The Labute approximate surface area is 179 Å². The molecule has 0 bridgehead atoms. The van der Waals surface area contributed by atoms with Gasteiger partial charge in [0, 0.05) is 24.2 Å². The SMILES string of the molecule is O=C(NCCCNc1ncc(C(=O)c2ccccc2C(F)(F)F)s1)c1ccc(F)cc1. The van der Waals surface area contributed by atoms with Crippen molar-refractivity contribution in [1.82, 2.24) is 10.3 Å². The van der Waals surface area contributed by atoms with E-state index >= 15 is 0 Å². The van der Waals surface area contributed by atoms with Gasteiger partial charge >= 0.3 is 6.18 Å². The van der Waals surface area contributed by atoms with E-state index < -0.39 is 28.9 Å². The lowest BCUT2D eigenvalue weighted by Gasteiger charge is -2.10. The third-order valence-corrected chi connectivity index (χ3v) is 5.18. The van der Waals surface area contributed by atoms with E-state index in [1.807, 2.05) is 0 Å². The summed E-state index contributed by atoms with van der Waals surface area (Å²) in [6.07, 6.45) is -2.86. The second-order valence-electron chi connectivity index (χ2n) is 6.45. The van der Waals surface area contributed by atoms with Crippen molar-refractivity contribution in [2.45, 2.75) is 12.6 Å². The van der Waals surface area contributed by atoms with E-state index in [1.54, 1.807) is 0 Å². The summed E-state index contributed by atoms with van der Waals surface area (Å²) in [4.78, 5) is 28.5. The van der Waals surface area contributed by atoms with Gasteiger partial charge in [-0.1, -0.05) is 29.5 Å². The molecule has 3 aromatic rings. The summed E-state index contributed by atoms with van der Waals surface area (Å²) in [5.41, 5.74) is -1.06. The average Bonchev–Trinajstić information content (AvgIpc) is 3.21. The number of thiazole rings is 1. The van der Waals surface area contributed by atoms with Crippen LogP contribution in [0.15, 0.2) is 54.7 Å². The zero-order valence-electron chi connectivity index (χ0n) is 16.0. The molecule has 0 unspecified atom stereocenters. The molecule has 162 valence electrons. The van der Waals surface area contributed by atoms with Gasteiger partial charge < -0.3 is 10.6 Å². The third kappa shape index (κ3) is 5.88. The highest BCUT2D eigenvalue weighted by molar-refractivity contribution is 7.17. The Morgan fingerprint density at radius 1 is 1.00 bits per heavy atom. The van der Waals surface area contributed by atoms with Crippen molar-refractivity contribution in [3.63, 3.8) is 0 Å². The number of aromatic nitrogens is 1. The molecule has 2 N–H and O–H groups in total. The monoisotopic (exact) mass is 451 g/mol. The van der Waals surface area contributed by atoms with Crippen LogP contribution in [-0.4, -0.2) is 29.8 Å². The van der Waals surface area contributed by atoms with E-state index in [9.17, 15) is 27.2 Å². The molecule has 0 radical (unpaired) electrons. The van der Waals surface area contributed by atoms with E-state index in [2.05, 4.69) is 15.6 Å². The molecule has 1 heterocycles. The maximum absolute atomic E-state index is 13.1. The number of rotatable bonds is 8. The smallest absolute Gasteiger partial charge is 0.361 e. The Kier molecular flexibility index (Phi) is 7.01. The lowest BCUT2D eigenvalue weighted by molar-refractivity contribution is -0.137. The van der Waals surface area contributed by atoms with Crippen LogP contribution in [-0.2, 0) is 6.18 Å². The standard InChI is InChI=1S/C21H17F4N3O2S/c22-14-8-6-13(7-9-14)19(30)26-10-3-11-27-20-28-12-17(31-20)18(29)15-4-1-2-5-16(15)21(23,24)25/h1-2,4-9,12H,3,10-11H2,(H,26,30)(H,27,28). The second kappa shape index (κ2) is 9.69. The molecule has 0 fully saturated rings. The molecule has 2 aromatic carbocycles. The minimum absolute atomic E-state index is 0.0869. The molecular weight excluding hydrogens is 434 g/mol. The van der Waals surface area contributed by atoms with Crippen molar-refractivity contribution in [2.75, 3.05) is 18.4 Å². The topological polar surface area (TPSA) is 71.1 Å². The quantitative estimate of drug-likeness (QED) is 0.294. The normalized spacial score (nSPS) is 11.2. The highest BCUT2D eigenvalue weighted by Gasteiger charge is 2.35. The number of halogens is 4. The first-order valence-corrected chi connectivity index (χ1v) is 10.0. The molecule has 0 saturated heterocycles. The first-order valence-electron chi connectivity index (χ1n) is 9.20. The van der Waals surface area contributed by atoms with E-state index in [1.165, 1.54) is 42.6 Å². The summed E-state index contributed by atoms with van der Waals surface area (Å²) < 4.78 is 52.3. The molecule has 5 nitrogen and oxygen atoms in total. The average molecular weight is 451 g/mol. The molecule has 31 heavy (non-hydrogen) atoms. The number of anilines is 1. The minimum atomic E-state index is -4.63. The first kappa shape index (κ1) is 22.4. The van der Waals surface area contributed by atoms with Crippen molar-refractivity contribution in [1.29, 1.82) is 0 Å². The number of alkyl halides is 3. The number of carbonyl (C=O) groups is 2. The van der Waals surface area contributed by atoms with Crippen molar-refractivity contribution >= 4 is 28.2 Å². The van der Waals surface area contributed by atoms with Gasteiger partial charge in [-0.3, -0.25) is 9.59 Å². The fourth-order valence-corrected chi connectivity index (χ4v) is 3.51. The fourth-order valence-electron chi connectivity index (χ4n) is 2.71. The minimum Gasteiger partial charge on any atom is -0.361 e. The maximum atomic E-state index is 13.1. The van der Waals surface area contributed by atoms with Crippen molar-refractivity contribution in [2.24, 2.45) is 0 Å². The number of ketones is 1. The highest BCUT2D eigenvalue weighted by Crippen LogP contribution is 2.33. The van der Waals surface area contributed by atoms with E-state index in [0.717, 1.165) is 23.5 Å². The Bertz CT molecular complexity index is 1060. The van der Waals surface area contributed by atoms with E-state index in [4.69, 9.17) is 0 Å². The van der Waals surface area contributed by atoms with Gasteiger partial charge in [-0.05, 0) is 36.8 Å². The van der Waals surface area contributed by atoms with Crippen LogP contribution >= 0.6 is 11.3 Å². The van der Waals surface area contributed by atoms with Gasteiger partial charge in [0.1, 0.15) is 5.82 Å². The van der Waals surface area contributed by atoms with E-state index in [-0.39, 0.29) is 10.8 Å². The maximum Gasteiger partial charge on any atom is 0.417 e. The molecule has 0 spiro atoms. The van der Waals surface area contributed by atoms with Gasteiger partial charge in [-0.25, -0.2) is 9.37 Å². The number of benzene rings is 2. The number of nitrogens with one attached hydrogen (secondary N) is 2. The summed E-state index contributed by atoms with van der Waals surface area (Å²) in [5, 5.41) is 6.05. The third-order valence-electron chi connectivity index (χ3n) is 4.23. The van der Waals surface area contributed by atoms with Gasteiger partial charge in [-0.2, -0.15) is 13.2 Å². The van der Waals surface area contributed by atoms with Crippen LogP contribution in [0.5, 0.6) is 0 Å². The molecule has 10 heteroatoms. The Hall–Kier alpha value is -3.27. The van der Waals surface area contributed by atoms with Gasteiger partial charge in [0.15, 0.2) is 5.13 Å². The summed E-state index contributed by atoms with van der Waals surface area (Å²) in [7, 11) is 0. The molecule has 3 rings (SSSR count). The zero-order chi connectivity index (χ0) is 22.4. The molecule has 0 aliphatic rings. The number of hydrogen-bond donors (Lipinski definition) is 2. The predicted molar refractivity (Wildman–Crippen MR) is 109 cm³/mol. The lowest BCUT2D eigenvalue weighted by atomic mass is 10.0. The Morgan fingerprint density at radius 3 is 2.42 bits per heavy atom. The molecule has 1 aromatic heterocycles. The fraction of sp³-hybridized carbons (Fsp3) is 0.190. The molecule has 1 amide bonds. The predicted octanol–water partition coefficient (Wildman–Crippen LogP) is 4.76. The molecule has 0 saturated carbocycles. The van der Waals surface area contributed by atoms with Crippen LogP contribution < -0.4 is 10.6 Å². The molecular formula is C21H17F4N3O2S. The second-order valence-corrected chi connectivity index (χ2v) is 7.48. The van der Waals surface area contributed by atoms with Crippen molar-refractivity contribution in [3.05, 3.63) is 82.1 Å². The van der Waals surface area contributed by atoms with Crippen LogP contribution in [0, 0.1) is 5.82 Å². The van der Waals surface area contributed by atoms with Crippen LogP contribution in [0.4, 0.5) is 22.7 Å².